The van der Waals surface area contributed by atoms with E-state index in [0.717, 1.165) is 22.4 Å². The van der Waals surface area contributed by atoms with Gasteiger partial charge in [0, 0.05) is 18.7 Å². The average molecular weight is 388 g/mol. The van der Waals surface area contributed by atoms with Crippen LogP contribution in [0.15, 0.2) is 66.7 Å². The molecule has 0 saturated carbocycles. The van der Waals surface area contributed by atoms with Crippen molar-refractivity contribution in [3.8, 4) is 5.75 Å². The number of carbonyl (C=O) groups excluding carboxylic acids is 2. The lowest BCUT2D eigenvalue weighted by Gasteiger charge is -2.19. The summed E-state index contributed by atoms with van der Waals surface area (Å²) in [5, 5.41) is 5.39. The van der Waals surface area contributed by atoms with Crippen molar-refractivity contribution in [2.24, 2.45) is 5.92 Å². The van der Waals surface area contributed by atoms with E-state index in [1.165, 1.54) is 5.39 Å². The van der Waals surface area contributed by atoms with E-state index < -0.39 is 0 Å². The first kappa shape index (κ1) is 19.0. The molecule has 5 nitrogen and oxygen atoms in total. The van der Waals surface area contributed by atoms with E-state index >= 15 is 0 Å². The highest BCUT2D eigenvalue weighted by Crippen LogP contribution is 2.28. The molecular weight excluding hydrogens is 364 g/mol. The maximum Gasteiger partial charge on any atom is 0.227 e. The van der Waals surface area contributed by atoms with E-state index in [9.17, 15) is 9.59 Å². The van der Waals surface area contributed by atoms with Gasteiger partial charge in [-0.25, -0.2) is 0 Å². The Hall–Kier alpha value is -3.34. The van der Waals surface area contributed by atoms with Crippen molar-refractivity contribution in [2.75, 3.05) is 18.6 Å². The van der Waals surface area contributed by atoms with Crippen LogP contribution >= 0.6 is 0 Å². The lowest BCUT2D eigenvalue weighted by atomic mass is 10.0. The van der Waals surface area contributed by atoms with Gasteiger partial charge in [0.1, 0.15) is 5.75 Å². The second-order valence-corrected chi connectivity index (χ2v) is 7.44. The molecular formula is C24H24N2O3. The molecule has 2 unspecified atom stereocenters. The van der Waals surface area contributed by atoms with E-state index in [2.05, 4.69) is 29.6 Å². The quantitative estimate of drug-likeness (QED) is 0.717. The predicted molar refractivity (Wildman–Crippen MR) is 114 cm³/mol. The van der Waals surface area contributed by atoms with Gasteiger partial charge in [-0.1, -0.05) is 36.4 Å². The number of hydrogen-bond acceptors (Lipinski definition) is 3. The molecule has 1 aliphatic rings. The topological polar surface area (TPSA) is 58.6 Å². The zero-order valence-corrected chi connectivity index (χ0v) is 16.6. The van der Waals surface area contributed by atoms with E-state index in [-0.39, 0.29) is 30.2 Å². The first-order valence-electron chi connectivity index (χ1n) is 9.78. The second kappa shape index (κ2) is 7.95. The Morgan fingerprint density at radius 2 is 1.79 bits per heavy atom. The molecule has 0 aromatic heterocycles. The number of anilines is 1. The van der Waals surface area contributed by atoms with Gasteiger partial charge >= 0.3 is 0 Å². The fourth-order valence-corrected chi connectivity index (χ4v) is 3.79. The molecule has 0 radical (unpaired) electrons. The predicted octanol–water partition coefficient (Wildman–Crippen LogP) is 4.08. The number of rotatable bonds is 5. The van der Waals surface area contributed by atoms with Crippen LogP contribution in [0.1, 0.15) is 24.9 Å². The molecule has 0 bridgehead atoms. The minimum atomic E-state index is -0.354. The number of amides is 2. The molecule has 5 heteroatoms. The highest BCUT2D eigenvalue weighted by molar-refractivity contribution is 6.00. The third kappa shape index (κ3) is 3.94. The first-order chi connectivity index (χ1) is 14.0. The fraction of sp³-hybridized carbons (Fsp3) is 0.250. The van der Waals surface area contributed by atoms with Crippen molar-refractivity contribution in [1.29, 1.82) is 0 Å². The lowest BCUT2D eigenvalue weighted by molar-refractivity contribution is -0.126. The smallest absolute Gasteiger partial charge is 0.227 e. The third-order valence-electron chi connectivity index (χ3n) is 5.51. The molecule has 148 valence electrons. The standard InChI is InChI=1S/C24H24N2O3/c1-16(18-8-7-17-5-3-4-6-19(17)13-18)25-24(28)20-14-23(27)26(15-20)21-9-11-22(29-2)12-10-21/h3-13,16,20H,14-15H2,1-2H3,(H,25,28). The molecule has 3 aromatic rings. The van der Waals surface area contributed by atoms with Crippen molar-refractivity contribution < 1.29 is 14.3 Å². The Morgan fingerprint density at radius 3 is 2.52 bits per heavy atom. The SMILES string of the molecule is COc1ccc(N2CC(C(=O)NC(C)c3ccc4ccccc4c3)CC2=O)cc1. The van der Waals surface area contributed by atoms with Gasteiger partial charge in [-0.3, -0.25) is 9.59 Å². The number of methoxy groups -OCH3 is 1. The molecule has 1 aliphatic heterocycles. The maximum absolute atomic E-state index is 12.8. The van der Waals surface area contributed by atoms with Gasteiger partial charge in [-0.2, -0.15) is 0 Å². The molecule has 0 spiro atoms. The van der Waals surface area contributed by atoms with Crippen LogP contribution in [0, 0.1) is 5.92 Å². The zero-order valence-electron chi connectivity index (χ0n) is 16.6. The van der Waals surface area contributed by atoms with E-state index in [0.29, 0.717) is 6.54 Å². The number of fused-ring (bicyclic) bond motifs is 1. The fourth-order valence-electron chi connectivity index (χ4n) is 3.79. The van der Waals surface area contributed by atoms with Gasteiger partial charge in [0.25, 0.3) is 0 Å². The Morgan fingerprint density at radius 1 is 1.07 bits per heavy atom. The van der Waals surface area contributed by atoms with Gasteiger partial charge < -0.3 is 15.0 Å². The van der Waals surface area contributed by atoms with Crippen molar-refractivity contribution in [3.63, 3.8) is 0 Å². The zero-order chi connectivity index (χ0) is 20.4. The average Bonchev–Trinajstić information content (AvgIpc) is 3.15. The van der Waals surface area contributed by atoms with E-state index in [1.54, 1.807) is 12.0 Å². The summed E-state index contributed by atoms with van der Waals surface area (Å²) in [4.78, 5) is 26.9. The number of nitrogens with zero attached hydrogens (tertiary/aromatic N) is 1. The molecule has 0 aliphatic carbocycles. The van der Waals surface area contributed by atoms with Gasteiger partial charge in [-0.05, 0) is 53.6 Å². The van der Waals surface area contributed by atoms with Crippen LogP contribution in [0.25, 0.3) is 10.8 Å². The van der Waals surface area contributed by atoms with Crippen molar-refractivity contribution in [3.05, 3.63) is 72.3 Å². The molecule has 4 rings (SSSR count). The molecule has 1 N–H and O–H groups in total. The van der Waals surface area contributed by atoms with Crippen molar-refractivity contribution in [1.82, 2.24) is 5.32 Å². The number of ether oxygens (including phenoxy) is 1. The Bertz CT molecular complexity index is 1050. The molecule has 2 amide bonds. The second-order valence-electron chi connectivity index (χ2n) is 7.44. The van der Waals surface area contributed by atoms with Crippen LogP contribution in [0.5, 0.6) is 5.75 Å². The highest BCUT2D eigenvalue weighted by Gasteiger charge is 2.35. The maximum atomic E-state index is 12.8. The van der Waals surface area contributed by atoms with Crippen molar-refractivity contribution in [2.45, 2.75) is 19.4 Å². The molecule has 1 heterocycles. The molecule has 1 saturated heterocycles. The van der Waals surface area contributed by atoms with Crippen LogP contribution in [0.4, 0.5) is 5.69 Å². The summed E-state index contributed by atoms with van der Waals surface area (Å²) in [6.45, 7) is 2.36. The summed E-state index contributed by atoms with van der Waals surface area (Å²) in [6.07, 6.45) is 0.225. The van der Waals surface area contributed by atoms with Gasteiger partial charge in [-0.15, -0.1) is 0 Å². The minimum absolute atomic E-state index is 0.0336. The minimum Gasteiger partial charge on any atom is -0.497 e. The first-order valence-corrected chi connectivity index (χ1v) is 9.78. The number of carbonyl (C=O) groups is 2. The van der Waals surface area contributed by atoms with Gasteiger partial charge in [0.15, 0.2) is 0 Å². The normalized spacial score (nSPS) is 17.4. The van der Waals surface area contributed by atoms with Crippen molar-refractivity contribution >= 4 is 28.3 Å². The van der Waals surface area contributed by atoms with Crippen LogP contribution in [-0.2, 0) is 9.59 Å². The summed E-state index contributed by atoms with van der Waals surface area (Å²) in [5.74, 6) is 0.259. The number of benzene rings is 3. The Balaban J connectivity index is 1.43. The lowest BCUT2D eigenvalue weighted by Crippen LogP contribution is -2.34. The Kier molecular flexibility index (Phi) is 5.21. The van der Waals surface area contributed by atoms with Crippen LogP contribution < -0.4 is 15.0 Å². The Labute approximate surface area is 170 Å². The molecule has 29 heavy (non-hydrogen) atoms. The monoisotopic (exact) mass is 388 g/mol. The van der Waals surface area contributed by atoms with E-state index in [1.807, 2.05) is 49.4 Å². The third-order valence-corrected chi connectivity index (χ3v) is 5.51. The molecule has 3 aromatic carbocycles. The molecule has 1 fully saturated rings. The van der Waals surface area contributed by atoms with Crippen LogP contribution in [0.2, 0.25) is 0 Å². The summed E-state index contributed by atoms with van der Waals surface area (Å²) in [5.41, 5.74) is 1.84. The summed E-state index contributed by atoms with van der Waals surface area (Å²) < 4.78 is 5.16. The molecule has 2 atom stereocenters. The summed E-state index contributed by atoms with van der Waals surface area (Å²) >= 11 is 0. The number of hydrogen-bond donors (Lipinski definition) is 1. The van der Waals surface area contributed by atoms with Gasteiger partial charge in [0.05, 0.1) is 19.1 Å². The van der Waals surface area contributed by atoms with Crippen LogP contribution in [0.3, 0.4) is 0 Å². The van der Waals surface area contributed by atoms with Gasteiger partial charge in [0.2, 0.25) is 11.8 Å². The summed E-state index contributed by atoms with van der Waals surface area (Å²) in [6, 6.07) is 21.6. The number of nitrogens with one attached hydrogen (secondary N) is 1. The van der Waals surface area contributed by atoms with Crippen LogP contribution in [-0.4, -0.2) is 25.5 Å². The van der Waals surface area contributed by atoms with E-state index in [4.69, 9.17) is 4.74 Å². The summed E-state index contributed by atoms with van der Waals surface area (Å²) in [7, 11) is 1.60. The largest absolute Gasteiger partial charge is 0.497 e. The highest BCUT2D eigenvalue weighted by atomic mass is 16.5.